The molecule has 88 valence electrons. The van der Waals surface area contributed by atoms with E-state index in [4.69, 9.17) is 0 Å². The van der Waals surface area contributed by atoms with Crippen LogP contribution in [0, 0.1) is 17.8 Å². The van der Waals surface area contributed by atoms with E-state index in [1.54, 1.807) is 6.92 Å². The van der Waals surface area contributed by atoms with Crippen molar-refractivity contribution in [2.75, 3.05) is 0 Å². The van der Waals surface area contributed by atoms with Gasteiger partial charge in [-0.2, -0.15) is 0 Å². The molecule has 0 aliphatic rings. The van der Waals surface area contributed by atoms with Gasteiger partial charge in [0.1, 0.15) is 0 Å². The predicted molar refractivity (Wildman–Crippen MR) is 51.4 cm³/mol. The molecule has 0 radical (unpaired) electrons. The molecule has 0 spiro atoms. The van der Waals surface area contributed by atoms with Crippen molar-refractivity contribution in [2.45, 2.75) is 40.0 Å². The number of aliphatic carboxylic acids is 2. The molecule has 4 nitrogen and oxygen atoms in total. The van der Waals surface area contributed by atoms with E-state index in [1.165, 1.54) is 0 Å². The maximum absolute atomic E-state index is 10.7. The van der Waals surface area contributed by atoms with Crippen molar-refractivity contribution in [3.63, 3.8) is 0 Å². The van der Waals surface area contributed by atoms with E-state index in [0.717, 1.165) is 19.3 Å². The average Bonchev–Trinajstić information content (AvgIpc) is 2.12. The van der Waals surface area contributed by atoms with Gasteiger partial charge in [0.05, 0.1) is 11.9 Å². The number of carboxylic acid groups (broad SMARTS) is 2. The number of rotatable bonds is 7. The number of hydrogen-bond donors (Lipinski definition) is 0. The molecule has 0 amide bonds. The SMILES string of the molecule is CCCC(CC)C(C)C(C(=O)[O-])C(=O)[O-].[Li+].[Na+]. The number of carboxylic acids is 2. The Morgan fingerprint density at radius 1 is 1.12 bits per heavy atom. The normalized spacial score (nSPS) is 13.2. The Balaban J connectivity index is -0.000000980. The van der Waals surface area contributed by atoms with Crippen molar-refractivity contribution in [2.24, 2.45) is 17.8 Å². The van der Waals surface area contributed by atoms with Crippen LogP contribution in [0.15, 0.2) is 0 Å². The van der Waals surface area contributed by atoms with Crippen LogP contribution in [0.4, 0.5) is 0 Å². The molecule has 0 rings (SSSR count). The number of carbonyl (C=O) groups excluding carboxylic acids is 2. The van der Waals surface area contributed by atoms with Crippen LogP contribution in [-0.2, 0) is 9.59 Å². The molecule has 0 aromatic rings. The molecule has 17 heavy (non-hydrogen) atoms. The van der Waals surface area contributed by atoms with Gasteiger partial charge < -0.3 is 19.8 Å². The Morgan fingerprint density at radius 3 is 1.76 bits per heavy atom. The summed E-state index contributed by atoms with van der Waals surface area (Å²) in [4.78, 5) is 21.4. The van der Waals surface area contributed by atoms with Crippen molar-refractivity contribution < 1.29 is 68.2 Å². The summed E-state index contributed by atoms with van der Waals surface area (Å²) >= 11 is 0. The second-order valence-electron chi connectivity index (χ2n) is 3.93. The van der Waals surface area contributed by atoms with Crippen molar-refractivity contribution in [1.82, 2.24) is 0 Å². The number of hydrogen-bond acceptors (Lipinski definition) is 4. The first-order valence-electron chi connectivity index (χ1n) is 5.37. The Bertz CT molecular complexity index is 222. The van der Waals surface area contributed by atoms with E-state index in [1.807, 2.05) is 13.8 Å². The third kappa shape index (κ3) is 7.53. The first-order valence-corrected chi connectivity index (χ1v) is 5.37. The summed E-state index contributed by atoms with van der Waals surface area (Å²) < 4.78 is 0. The van der Waals surface area contributed by atoms with Crippen molar-refractivity contribution in [3.8, 4) is 0 Å². The molecule has 0 aromatic carbocycles. The van der Waals surface area contributed by atoms with E-state index in [0.29, 0.717) is 0 Å². The zero-order chi connectivity index (χ0) is 12.0. The van der Waals surface area contributed by atoms with Crippen molar-refractivity contribution >= 4 is 11.9 Å². The standard InChI is InChI=1S/C11H20O4.Li.Na/c1-4-6-8(5-2)7(3)9(10(12)13)11(14)15;;/h7-9H,4-6H2,1-3H3,(H,12,13)(H,14,15);;/q;2*+1/p-2. The Kier molecular flexibility index (Phi) is 15.5. The molecular formula is C11H18LiNaO4. The van der Waals surface area contributed by atoms with Gasteiger partial charge in [0.2, 0.25) is 0 Å². The summed E-state index contributed by atoms with van der Waals surface area (Å²) in [7, 11) is 0. The van der Waals surface area contributed by atoms with Crippen LogP contribution < -0.4 is 58.6 Å². The Labute approximate surface area is 137 Å². The van der Waals surface area contributed by atoms with E-state index in [9.17, 15) is 19.8 Å². The minimum absolute atomic E-state index is 0. The van der Waals surface area contributed by atoms with Crippen LogP contribution in [0.1, 0.15) is 40.0 Å². The van der Waals surface area contributed by atoms with E-state index >= 15 is 0 Å². The fraction of sp³-hybridized carbons (Fsp3) is 0.818. The zero-order valence-electron chi connectivity index (χ0n) is 11.5. The van der Waals surface area contributed by atoms with Gasteiger partial charge >= 0.3 is 48.4 Å². The van der Waals surface area contributed by atoms with Crippen LogP contribution in [0.3, 0.4) is 0 Å². The van der Waals surface area contributed by atoms with Gasteiger partial charge in [0, 0.05) is 5.92 Å². The Hall–Kier alpha value is 0.537. The molecule has 0 aromatic heterocycles. The molecule has 0 bridgehead atoms. The van der Waals surface area contributed by atoms with Gasteiger partial charge in [-0.05, 0) is 11.8 Å². The molecule has 0 heterocycles. The fourth-order valence-corrected chi connectivity index (χ4v) is 2.01. The minimum atomic E-state index is -1.54. The topological polar surface area (TPSA) is 80.3 Å². The summed E-state index contributed by atoms with van der Waals surface area (Å²) in [5.74, 6) is -4.93. The summed E-state index contributed by atoms with van der Waals surface area (Å²) in [5, 5.41) is 21.4. The monoisotopic (exact) mass is 244 g/mol. The summed E-state index contributed by atoms with van der Waals surface area (Å²) in [6.07, 6.45) is 2.51. The predicted octanol–water partition coefficient (Wildman–Crippen LogP) is -6.43. The average molecular weight is 244 g/mol. The second kappa shape index (κ2) is 11.6. The molecule has 6 heteroatoms. The molecule has 0 fully saturated rings. The molecule has 0 N–H and O–H groups in total. The molecule has 0 saturated heterocycles. The maximum atomic E-state index is 10.7. The second-order valence-corrected chi connectivity index (χ2v) is 3.93. The molecular weight excluding hydrogens is 226 g/mol. The van der Waals surface area contributed by atoms with Gasteiger partial charge in [0.15, 0.2) is 0 Å². The molecule has 0 aliphatic carbocycles. The third-order valence-electron chi connectivity index (χ3n) is 2.96. The molecule has 0 saturated carbocycles. The van der Waals surface area contributed by atoms with E-state index in [-0.39, 0.29) is 54.3 Å². The maximum Gasteiger partial charge on any atom is 1.00 e. The van der Waals surface area contributed by atoms with Crippen LogP contribution in [-0.4, -0.2) is 11.9 Å². The minimum Gasteiger partial charge on any atom is -0.549 e. The third-order valence-corrected chi connectivity index (χ3v) is 2.96. The smallest absolute Gasteiger partial charge is 0.549 e. The van der Waals surface area contributed by atoms with Gasteiger partial charge in [-0.1, -0.05) is 40.0 Å². The van der Waals surface area contributed by atoms with Crippen molar-refractivity contribution in [1.29, 1.82) is 0 Å². The molecule has 2 unspecified atom stereocenters. The molecule has 2 atom stereocenters. The van der Waals surface area contributed by atoms with Gasteiger partial charge in [-0.15, -0.1) is 0 Å². The van der Waals surface area contributed by atoms with Crippen LogP contribution in [0.5, 0.6) is 0 Å². The van der Waals surface area contributed by atoms with Crippen LogP contribution in [0.2, 0.25) is 0 Å². The van der Waals surface area contributed by atoms with Gasteiger partial charge in [0.25, 0.3) is 0 Å². The largest absolute Gasteiger partial charge is 1.00 e. The van der Waals surface area contributed by atoms with E-state index in [2.05, 4.69) is 0 Å². The molecule has 0 aliphatic heterocycles. The van der Waals surface area contributed by atoms with Crippen molar-refractivity contribution in [3.05, 3.63) is 0 Å². The van der Waals surface area contributed by atoms with E-state index < -0.39 is 23.8 Å². The first kappa shape index (κ1) is 22.7. The number of carbonyl (C=O) groups is 2. The summed E-state index contributed by atoms with van der Waals surface area (Å²) in [5.41, 5.74) is 0. The Morgan fingerprint density at radius 2 is 1.53 bits per heavy atom. The summed E-state index contributed by atoms with van der Waals surface area (Å²) in [6.45, 7) is 5.56. The fourth-order valence-electron chi connectivity index (χ4n) is 2.01. The van der Waals surface area contributed by atoms with Crippen LogP contribution in [0.25, 0.3) is 0 Å². The van der Waals surface area contributed by atoms with Gasteiger partial charge in [-0.3, -0.25) is 0 Å². The zero-order valence-corrected chi connectivity index (χ0v) is 13.5. The quantitative estimate of drug-likeness (QED) is 0.329. The first-order chi connectivity index (χ1) is 6.95. The summed E-state index contributed by atoms with van der Waals surface area (Å²) in [6, 6.07) is 0. The van der Waals surface area contributed by atoms with Crippen LogP contribution >= 0.6 is 0 Å². The van der Waals surface area contributed by atoms with Gasteiger partial charge in [-0.25, -0.2) is 0 Å².